The van der Waals surface area contributed by atoms with E-state index in [0.717, 1.165) is 18.0 Å². The van der Waals surface area contributed by atoms with Crippen molar-refractivity contribution in [3.63, 3.8) is 0 Å². The molecule has 3 aromatic rings. The molecule has 1 atom stereocenters. The van der Waals surface area contributed by atoms with Crippen LogP contribution < -0.4 is 0 Å². The maximum atomic E-state index is 14.4. The third-order valence-electron chi connectivity index (χ3n) is 5.17. The number of carbonyl (C=O) groups is 1. The van der Waals surface area contributed by atoms with Gasteiger partial charge in [-0.1, -0.05) is 5.21 Å². The number of amides is 1. The van der Waals surface area contributed by atoms with E-state index in [1.807, 2.05) is 20.0 Å². The van der Waals surface area contributed by atoms with Crippen LogP contribution in [0.15, 0.2) is 24.5 Å². The predicted molar refractivity (Wildman–Crippen MR) is 99.8 cm³/mol. The summed E-state index contributed by atoms with van der Waals surface area (Å²) in [6, 6.07) is 2.48. The Morgan fingerprint density at radius 3 is 2.65 bits per heavy atom. The molecule has 31 heavy (non-hydrogen) atoms. The Morgan fingerprint density at radius 1 is 1.26 bits per heavy atom. The zero-order chi connectivity index (χ0) is 22.5. The molecular weight excluding hydrogens is 418 g/mol. The van der Waals surface area contributed by atoms with Gasteiger partial charge in [-0.15, -0.1) is 5.10 Å². The quantitative estimate of drug-likeness (QED) is 0.588. The molecule has 8 nitrogen and oxygen atoms in total. The number of alkyl halides is 3. The van der Waals surface area contributed by atoms with Gasteiger partial charge in [0.05, 0.1) is 17.8 Å². The Hall–Kier alpha value is -3.31. The second-order valence-corrected chi connectivity index (χ2v) is 7.65. The van der Waals surface area contributed by atoms with E-state index in [-0.39, 0.29) is 12.6 Å². The predicted octanol–water partition coefficient (Wildman–Crippen LogP) is 3.18. The minimum Gasteiger partial charge on any atom is -0.329 e. The van der Waals surface area contributed by atoms with Gasteiger partial charge >= 0.3 is 6.18 Å². The lowest BCUT2D eigenvalue weighted by molar-refractivity contribution is -0.143. The standard InChI is InChI=1S/C19H19F4N7O/c1-10(2)29-7-5-15(26-29)30-14-8-11(3)28(9-13(14)25-27-30)18(31)12-4-6-24-17(16(12)20)19(21,22)23/h4-7,10-11H,8-9H2,1-3H3/t11-/m0/s1. The van der Waals surface area contributed by atoms with Crippen LogP contribution in [0.1, 0.15) is 54.3 Å². The molecule has 4 rings (SSSR count). The third-order valence-corrected chi connectivity index (χ3v) is 5.17. The van der Waals surface area contributed by atoms with Gasteiger partial charge in [-0.3, -0.25) is 9.48 Å². The second-order valence-electron chi connectivity index (χ2n) is 7.65. The zero-order valence-corrected chi connectivity index (χ0v) is 16.9. The van der Waals surface area contributed by atoms with E-state index in [0.29, 0.717) is 17.9 Å². The average molecular weight is 437 g/mol. The van der Waals surface area contributed by atoms with Gasteiger partial charge in [0.2, 0.25) is 0 Å². The van der Waals surface area contributed by atoms with Crippen LogP contribution in [0.5, 0.6) is 0 Å². The molecule has 0 saturated heterocycles. The van der Waals surface area contributed by atoms with Crippen molar-refractivity contribution < 1.29 is 22.4 Å². The molecule has 1 aliphatic heterocycles. The number of pyridine rings is 1. The summed E-state index contributed by atoms with van der Waals surface area (Å²) < 4.78 is 56.7. The molecule has 0 aromatic carbocycles. The number of hydrogen-bond donors (Lipinski definition) is 0. The van der Waals surface area contributed by atoms with Gasteiger partial charge in [0.25, 0.3) is 5.91 Å². The SMILES string of the molecule is CC(C)n1ccc(-n2nnc3c2C[C@H](C)N(C(=O)c2ccnc(C(F)(F)F)c2F)C3)n1. The van der Waals surface area contributed by atoms with E-state index in [2.05, 4.69) is 20.4 Å². The highest BCUT2D eigenvalue weighted by molar-refractivity contribution is 5.95. The van der Waals surface area contributed by atoms with E-state index >= 15 is 0 Å². The Balaban J connectivity index is 1.63. The van der Waals surface area contributed by atoms with Crippen molar-refractivity contribution in [1.82, 2.24) is 34.7 Å². The minimum atomic E-state index is -5.00. The summed E-state index contributed by atoms with van der Waals surface area (Å²) in [5.41, 5.74) is -1.16. The first-order valence-corrected chi connectivity index (χ1v) is 9.59. The normalized spacial score (nSPS) is 16.6. The van der Waals surface area contributed by atoms with Crippen LogP contribution in [0.3, 0.4) is 0 Å². The highest BCUT2D eigenvalue weighted by Crippen LogP contribution is 2.32. The molecule has 0 spiro atoms. The maximum absolute atomic E-state index is 14.4. The zero-order valence-electron chi connectivity index (χ0n) is 16.9. The van der Waals surface area contributed by atoms with Crippen LogP contribution in [0, 0.1) is 5.82 Å². The van der Waals surface area contributed by atoms with E-state index in [1.54, 1.807) is 22.4 Å². The average Bonchev–Trinajstić information content (AvgIpc) is 3.32. The van der Waals surface area contributed by atoms with Crippen molar-refractivity contribution in [3.05, 3.63) is 53.0 Å². The fourth-order valence-electron chi connectivity index (χ4n) is 3.51. The van der Waals surface area contributed by atoms with Gasteiger partial charge in [-0.25, -0.2) is 9.37 Å². The Bertz CT molecular complexity index is 1130. The molecule has 0 bridgehead atoms. The van der Waals surface area contributed by atoms with Crippen molar-refractivity contribution in [2.75, 3.05) is 0 Å². The monoisotopic (exact) mass is 437 g/mol. The molecule has 0 aliphatic carbocycles. The fourth-order valence-corrected chi connectivity index (χ4v) is 3.51. The molecule has 164 valence electrons. The molecule has 0 radical (unpaired) electrons. The summed E-state index contributed by atoms with van der Waals surface area (Å²) in [5.74, 6) is -1.97. The van der Waals surface area contributed by atoms with E-state index in [4.69, 9.17) is 0 Å². The van der Waals surface area contributed by atoms with Gasteiger partial charge in [-0.05, 0) is 26.8 Å². The van der Waals surface area contributed by atoms with Crippen LogP contribution in [-0.2, 0) is 19.1 Å². The van der Waals surface area contributed by atoms with Crippen molar-refractivity contribution >= 4 is 5.91 Å². The van der Waals surface area contributed by atoms with Crippen molar-refractivity contribution in [3.8, 4) is 5.82 Å². The number of carbonyl (C=O) groups excluding carboxylic acids is 1. The summed E-state index contributed by atoms with van der Waals surface area (Å²) >= 11 is 0. The Labute approximate surface area is 174 Å². The Morgan fingerprint density at radius 2 is 2.00 bits per heavy atom. The van der Waals surface area contributed by atoms with Crippen molar-refractivity contribution in [1.29, 1.82) is 0 Å². The van der Waals surface area contributed by atoms with Crippen LogP contribution >= 0.6 is 0 Å². The van der Waals surface area contributed by atoms with Crippen LogP contribution in [-0.4, -0.2) is 46.6 Å². The van der Waals surface area contributed by atoms with Crippen LogP contribution in [0.25, 0.3) is 5.82 Å². The molecule has 4 heterocycles. The summed E-state index contributed by atoms with van der Waals surface area (Å²) in [7, 11) is 0. The number of aromatic nitrogens is 6. The highest BCUT2D eigenvalue weighted by atomic mass is 19.4. The van der Waals surface area contributed by atoms with E-state index in [9.17, 15) is 22.4 Å². The Kier molecular flexibility index (Phi) is 5.02. The number of hydrogen-bond acceptors (Lipinski definition) is 5. The first-order valence-electron chi connectivity index (χ1n) is 9.59. The molecular formula is C19H19F4N7O. The molecule has 0 N–H and O–H groups in total. The summed E-state index contributed by atoms with van der Waals surface area (Å²) in [5, 5.41) is 12.7. The van der Waals surface area contributed by atoms with Gasteiger partial charge in [-0.2, -0.15) is 23.0 Å². The lowest BCUT2D eigenvalue weighted by Crippen LogP contribution is -2.43. The van der Waals surface area contributed by atoms with E-state index in [1.165, 1.54) is 4.90 Å². The first-order chi connectivity index (χ1) is 14.6. The van der Waals surface area contributed by atoms with Gasteiger partial charge in [0.15, 0.2) is 17.3 Å². The van der Waals surface area contributed by atoms with Gasteiger partial charge in [0.1, 0.15) is 5.69 Å². The van der Waals surface area contributed by atoms with Crippen LogP contribution in [0.2, 0.25) is 0 Å². The molecule has 12 heteroatoms. The lowest BCUT2D eigenvalue weighted by Gasteiger charge is -2.33. The minimum absolute atomic E-state index is 0.0106. The van der Waals surface area contributed by atoms with Crippen molar-refractivity contribution in [2.24, 2.45) is 0 Å². The third kappa shape index (κ3) is 3.66. The summed E-state index contributed by atoms with van der Waals surface area (Å²) in [6.45, 7) is 5.70. The molecule has 1 aliphatic rings. The smallest absolute Gasteiger partial charge is 0.329 e. The molecule has 0 unspecified atom stereocenters. The summed E-state index contributed by atoms with van der Waals surface area (Å²) in [4.78, 5) is 17.2. The topological polar surface area (TPSA) is 81.7 Å². The van der Waals surface area contributed by atoms with Crippen LogP contribution in [0.4, 0.5) is 17.6 Å². The second kappa shape index (κ2) is 7.43. The van der Waals surface area contributed by atoms with Crippen molar-refractivity contribution in [2.45, 2.75) is 52.0 Å². The van der Waals surface area contributed by atoms with E-state index < -0.39 is 35.2 Å². The number of nitrogens with zero attached hydrogens (tertiary/aromatic N) is 7. The molecule has 1 amide bonds. The van der Waals surface area contributed by atoms with Gasteiger partial charge < -0.3 is 4.90 Å². The number of halogens is 4. The first kappa shape index (κ1) is 20.9. The van der Waals surface area contributed by atoms with Gasteiger partial charge in [0, 0.05) is 37.0 Å². The largest absolute Gasteiger partial charge is 0.436 e. The molecule has 3 aromatic heterocycles. The number of rotatable bonds is 3. The number of fused-ring (bicyclic) bond motifs is 1. The molecule has 0 fully saturated rings. The highest BCUT2D eigenvalue weighted by Gasteiger charge is 2.39. The summed E-state index contributed by atoms with van der Waals surface area (Å²) in [6.07, 6.45) is -2.06. The lowest BCUT2D eigenvalue weighted by atomic mass is 10.0. The maximum Gasteiger partial charge on any atom is 0.436 e. The molecule has 0 saturated carbocycles. The fraction of sp³-hybridized carbons (Fsp3) is 0.421.